The lowest BCUT2D eigenvalue weighted by atomic mass is 9.96. The molecular formula is C12H19N. The molecule has 1 nitrogen and oxygen atoms in total. The fourth-order valence-corrected chi connectivity index (χ4v) is 1.33. The van der Waals surface area contributed by atoms with Gasteiger partial charge in [0.15, 0.2) is 0 Å². The van der Waals surface area contributed by atoms with Crippen molar-refractivity contribution in [3.63, 3.8) is 0 Å². The first kappa shape index (κ1) is 10.3. The van der Waals surface area contributed by atoms with E-state index in [0.717, 1.165) is 12.8 Å². The lowest BCUT2D eigenvalue weighted by molar-refractivity contribution is 0.477. The molecular weight excluding hydrogens is 158 g/mol. The van der Waals surface area contributed by atoms with E-state index in [9.17, 15) is 0 Å². The molecule has 0 aliphatic carbocycles. The smallest absolute Gasteiger partial charge is 0.0100 e. The average Bonchev–Trinajstić information content (AvgIpc) is 2.00. The molecule has 0 unspecified atom stereocenters. The Morgan fingerprint density at radius 1 is 1.31 bits per heavy atom. The Morgan fingerprint density at radius 3 is 2.54 bits per heavy atom. The molecule has 1 aromatic carbocycles. The van der Waals surface area contributed by atoms with E-state index in [1.807, 2.05) is 0 Å². The Hall–Kier alpha value is -0.820. The van der Waals surface area contributed by atoms with Crippen LogP contribution in [0, 0.1) is 6.92 Å². The second kappa shape index (κ2) is 3.93. The van der Waals surface area contributed by atoms with Crippen molar-refractivity contribution in [3.8, 4) is 0 Å². The minimum absolute atomic E-state index is 0.0518. The lowest BCUT2D eigenvalue weighted by Gasteiger charge is -2.18. The monoisotopic (exact) mass is 177 g/mol. The zero-order valence-corrected chi connectivity index (χ0v) is 8.80. The fraction of sp³-hybridized carbons (Fsp3) is 0.500. The van der Waals surface area contributed by atoms with E-state index < -0.39 is 0 Å². The van der Waals surface area contributed by atoms with Crippen LogP contribution >= 0.6 is 0 Å². The first-order valence-corrected chi connectivity index (χ1v) is 4.82. The molecule has 0 aliphatic rings. The highest BCUT2D eigenvalue weighted by molar-refractivity contribution is 5.22. The SMILES string of the molecule is Cc1cccc(CCC(C)(C)N)c1. The predicted octanol–water partition coefficient (Wildman–Crippen LogP) is 2.66. The van der Waals surface area contributed by atoms with Gasteiger partial charge in [-0.1, -0.05) is 29.8 Å². The second-order valence-electron chi connectivity index (χ2n) is 4.48. The zero-order valence-electron chi connectivity index (χ0n) is 8.80. The van der Waals surface area contributed by atoms with Crippen LogP contribution in [-0.2, 0) is 6.42 Å². The number of benzene rings is 1. The molecule has 0 saturated heterocycles. The molecule has 1 aromatic rings. The third-order valence-corrected chi connectivity index (χ3v) is 2.14. The molecule has 0 heterocycles. The van der Waals surface area contributed by atoms with E-state index in [0.29, 0.717) is 0 Å². The molecule has 0 amide bonds. The summed E-state index contributed by atoms with van der Waals surface area (Å²) >= 11 is 0. The van der Waals surface area contributed by atoms with Crippen LogP contribution in [0.2, 0.25) is 0 Å². The van der Waals surface area contributed by atoms with Crippen LogP contribution in [0.3, 0.4) is 0 Å². The van der Waals surface area contributed by atoms with Crippen LogP contribution < -0.4 is 5.73 Å². The van der Waals surface area contributed by atoms with Gasteiger partial charge in [-0.25, -0.2) is 0 Å². The molecule has 0 bridgehead atoms. The van der Waals surface area contributed by atoms with Gasteiger partial charge in [0.2, 0.25) is 0 Å². The summed E-state index contributed by atoms with van der Waals surface area (Å²) in [6.07, 6.45) is 2.11. The van der Waals surface area contributed by atoms with Gasteiger partial charge >= 0.3 is 0 Å². The number of hydrogen-bond donors (Lipinski definition) is 1. The fourth-order valence-electron chi connectivity index (χ4n) is 1.33. The van der Waals surface area contributed by atoms with E-state index >= 15 is 0 Å². The Balaban J connectivity index is 2.55. The maximum Gasteiger partial charge on any atom is 0.0100 e. The van der Waals surface area contributed by atoms with Crippen LogP contribution in [0.15, 0.2) is 24.3 Å². The van der Waals surface area contributed by atoms with Gasteiger partial charge < -0.3 is 5.73 Å². The van der Waals surface area contributed by atoms with E-state index in [4.69, 9.17) is 5.73 Å². The molecule has 72 valence electrons. The van der Waals surface area contributed by atoms with E-state index in [1.165, 1.54) is 11.1 Å². The summed E-state index contributed by atoms with van der Waals surface area (Å²) in [7, 11) is 0. The molecule has 1 rings (SSSR count). The predicted molar refractivity (Wildman–Crippen MR) is 57.8 cm³/mol. The molecule has 0 radical (unpaired) electrons. The normalized spacial score (nSPS) is 11.7. The van der Waals surface area contributed by atoms with Gasteiger partial charge in [-0.2, -0.15) is 0 Å². The topological polar surface area (TPSA) is 26.0 Å². The van der Waals surface area contributed by atoms with Crippen molar-refractivity contribution in [2.75, 3.05) is 0 Å². The maximum absolute atomic E-state index is 5.92. The summed E-state index contributed by atoms with van der Waals surface area (Å²) in [5.74, 6) is 0. The quantitative estimate of drug-likeness (QED) is 0.754. The van der Waals surface area contributed by atoms with Crippen molar-refractivity contribution in [3.05, 3.63) is 35.4 Å². The van der Waals surface area contributed by atoms with Crippen molar-refractivity contribution >= 4 is 0 Å². The lowest BCUT2D eigenvalue weighted by Crippen LogP contribution is -2.32. The Kier molecular flexibility index (Phi) is 3.10. The molecule has 0 saturated carbocycles. The summed E-state index contributed by atoms with van der Waals surface area (Å²) in [6.45, 7) is 6.27. The number of aryl methyl sites for hydroxylation is 2. The Labute approximate surface area is 81.0 Å². The highest BCUT2D eigenvalue weighted by atomic mass is 14.7. The average molecular weight is 177 g/mol. The molecule has 0 fully saturated rings. The molecule has 0 aromatic heterocycles. The zero-order chi connectivity index (χ0) is 9.90. The standard InChI is InChI=1S/C12H19N/c1-10-5-4-6-11(9-10)7-8-12(2,3)13/h4-6,9H,7-8,13H2,1-3H3. The van der Waals surface area contributed by atoms with Crippen LogP contribution in [0.25, 0.3) is 0 Å². The first-order chi connectivity index (χ1) is 5.97. The van der Waals surface area contributed by atoms with Gasteiger partial charge in [-0.3, -0.25) is 0 Å². The van der Waals surface area contributed by atoms with Crippen molar-refractivity contribution in [2.24, 2.45) is 5.73 Å². The third-order valence-electron chi connectivity index (χ3n) is 2.14. The van der Waals surface area contributed by atoms with Gasteiger partial charge in [0.05, 0.1) is 0 Å². The van der Waals surface area contributed by atoms with E-state index in [-0.39, 0.29) is 5.54 Å². The molecule has 2 N–H and O–H groups in total. The summed E-state index contributed by atoms with van der Waals surface area (Å²) in [6, 6.07) is 8.62. The molecule has 1 heteroatoms. The third kappa shape index (κ3) is 4.09. The van der Waals surface area contributed by atoms with Crippen molar-refractivity contribution in [2.45, 2.75) is 39.2 Å². The van der Waals surface area contributed by atoms with Crippen LogP contribution in [-0.4, -0.2) is 5.54 Å². The van der Waals surface area contributed by atoms with Crippen molar-refractivity contribution < 1.29 is 0 Å². The maximum atomic E-state index is 5.92. The minimum atomic E-state index is -0.0518. The summed E-state index contributed by atoms with van der Waals surface area (Å²) in [4.78, 5) is 0. The molecule has 0 atom stereocenters. The van der Waals surface area contributed by atoms with Crippen LogP contribution in [0.5, 0.6) is 0 Å². The van der Waals surface area contributed by atoms with Gasteiger partial charge in [-0.05, 0) is 39.2 Å². The second-order valence-corrected chi connectivity index (χ2v) is 4.48. The van der Waals surface area contributed by atoms with Gasteiger partial charge in [0, 0.05) is 5.54 Å². The number of hydrogen-bond acceptors (Lipinski definition) is 1. The van der Waals surface area contributed by atoms with Crippen molar-refractivity contribution in [1.82, 2.24) is 0 Å². The number of nitrogens with two attached hydrogens (primary N) is 1. The number of rotatable bonds is 3. The molecule has 0 spiro atoms. The van der Waals surface area contributed by atoms with Crippen LogP contribution in [0.1, 0.15) is 31.4 Å². The highest BCUT2D eigenvalue weighted by Crippen LogP contribution is 2.11. The Bertz CT molecular complexity index is 271. The summed E-state index contributed by atoms with van der Waals surface area (Å²) < 4.78 is 0. The largest absolute Gasteiger partial charge is 0.326 e. The van der Waals surface area contributed by atoms with E-state index in [2.05, 4.69) is 45.0 Å². The molecule has 0 aliphatic heterocycles. The van der Waals surface area contributed by atoms with Gasteiger partial charge in [-0.15, -0.1) is 0 Å². The minimum Gasteiger partial charge on any atom is -0.326 e. The van der Waals surface area contributed by atoms with Gasteiger partial charge in [0.25, 0.3) is 0 Å². The first-order valence-electron chi connectivity index (χ1n) is 4.82. The van der Waals surface area contributed by atoms with Crippen molar-refractivity contribution in [1.29, 1.82) is 0 Å². The Morgan fingerprint density at radius 2 is 2.00 bits per heavy atom. The highest BCUT2D eigenvalue weighted by Gasteiger charge is 2.09. The molecule has 13 heavy (non-hydrogen) atoms. The van der Waals surface area contributed by atoms with Crippen LogP contribution in [0.4, 0.5) is 0 Å². The summed E-state index contributed by atoms with van der Waals surface area (Å²) in [5.41, 5.74) is 8.58. The van der Waals surface area contributed by atoms with Gasteiger partial charge in [0.1, 0.15) is 0 Å². The summed E-state index contributed by atoms with van der Waals surface area (Å²) in [5, 5.41) is 0. The van der Waals surface area contributed by atoms with E-state index in [1.54, 1.807) is 0 Å².